The molecule has 0 aromatic heterocycles. The van der Waals surface area contributed by atoms with Crippen LogP contribution in [-0.4, -0.2) is 14.4 Å². The van der Waals surface area contributed by atoms with E-state index in [1.165, 1.54) is 0 Å². The van der Waals surface area contributed by atoms with E-state index in [1.54, 1.807) is 19.1 Å². The van der Waals surface area contributed by atoms with Crippen LogP contribution in [0, 0.1) is 0 Å². The quantitative estimate of drug-likeness (QED) is 0.512. The summed E-state index contributed by atoms with van der Waals surface area (Å²) in [4.78, 5) is 0. The molecule has 76 valence electrons. The van der Waals surface area contributed by atoms with Gasteiger partial charge < -0.3 is 0 Å². The summed E-state index contributed by atoms with van der Waals surface area (Å²) < 4.78 is 24.0. The van der Waals surface area contributed by atoms with Crippen molar-refractivity contribution in [1.29, 1.82) is 0 Å². The summed E-state index contributed by atoms with van der Waals surface area (Å²) in [5.74, 6) is 0. The van der Waals surface area contributed by atoms with Gasteiger partial charge in [-0.1, -0.05) is 12.2 Å². The van der Waals surface area contributed by atoms with Crippen LogP contribution >= 0.6 is 0 Å². The van der Waals surface area contributed by atoms with Crippen LogP contribution in [-0.2, 0) is 15.5 Å². The lowest BCUT2D eigenvalue weighted by atomic mass is 9.96. The zero-order valence-corrected chi connectivity index (χ0v) is 8.68. The molecule has 0 heterocycles. The Morgan fingerprint density at radius 3 is 2.54 bits per heavy atom. The molecule has 2 unspecified atom stereocenters. The predicted molar refractivity (Wildman–Crippen MR) is 54.5 cm³/mol. The molecular formula is C9H16O3S. The van der Waals surface area contributed by atoms with Crippen LogP contribution in [0.3, 0.4) is 0 Å². The Labute approximate surface area is 82.0 Å². The minimum absolute atomic E-state index is 0.549. The van der Waals surface area contributed by atoms with Crippen molar-refractivity contribution in [3.63, 3.8) is 0 Å². The van der Waals surface area contributed by atoms with Gasteiger partial charge in [0.05, 0.1) is 5.60 Å². The van der Waals surface area contributed by atoms with E-state index in [4.69, 9.17) is 8.74 Å². The highest BCUT2D eigenvalue weighted by molar-refractivity contribution is 7.74. The maximum atomic E-state index is 10.5. The van der Waals surface area contributed by atoms with Gasteiger partial charge in [-0.25, -0.2) is 0 Å². The average Bonchev–Trinajstić information content (AvgIpc) is 2.00. The lowest BCUT2D eigenvalue weighted by molar-refractivity contribution is 0.0887. The summed E-state index contributed by atoms with van der Waals surface area (Å²) in [6.45, 7) is 8.94. The van der Waals surface area contributed by atoms with Crippen molar-refractivity contribution >= 4 is 11.4 Å². The Bertz CT molecular complexity index is 203. The van der Waals surface area contributed by atoms with E-state index >= 15 is 0 Å². The van der Waals surface area contributed by atoms with Gasteiger partial charge in [-0.2, -0.15) is 4.21 Å². The predicted octanol–water partition coefficient (Wildman–Crippen LogP) is 2.44. The Balaban J connectivity index is 4.22. The molecular weight excluding hydrogens is 188 g/mol. The van der Waals surface area contributed by atoms with Gasteiger partial charge in [-0.15, -0.1) is 13.2 Å². The summed E-state index contributed by atoms with van der Waals surface area (Å²) in [5, 5.41) is 0. The summed E-state index contributed by atoms with van der Waals surface area (Å²) in [6, 6.07) is 0. The molecule has 3 nitrogen and oxygen atoms in total. The molecule has 13 heavy (non-hydrogen) atoms. The van der Waals surface area contributed by atoms with Crippen molar-refractivity contribution in [1.82, 2.24) is 0 Å². The number of hydrogen-bond donors (Lipinski definition) is 1. The molecule has 0 saturated heterocycles. The molecule has 4 heteroatoms. The van der Waals surface area contributed by atoms with Crippen molar-refractivity contribution in [3.05, 3.63) is 25.3 Å². The fourth-order valence-corrected chi connectivity index (χ4v) is 1.56. The van der Waals surface area contributed by atoms with Crippen molar-refractivity contribution < 1.29 is 12.9 Å². The fraction of sp³-hybridized carbons (Fsp3) is 0.556. The fourth-order valence-electron chi connectivity index (χ4n) is 1.06. The lowest BCUT2D eigenvalue weighted by Crippen LogP contribution is -2.28. The van der Waals surface area contributed by atoms with Gasteiger partial charge >= 0.3 is 11.4 Å². The van der Waals surface area contributed by atoms with E-state index in [1.807, 2.05) is 0 Å². The monoisotopic (exact) mass is 204 g/mol. The number of rotatable bonds is 7. The molecule has 0 aliphatic heterocycles. The van der Waals surface area contributed by atoms with Crippen LogP contribution in [0.4, 0.5) is 0 Å². The Morgan fingerprint density at radius 1 is 1.54 bits per heavy atom. The highest BCUT2D eigenvalue weighted by atomic mass is 32.2. The number of allylic oxidation sites excluding steroid dienone is 1. The molecule has 1 N–H and O–H groups in total. The zero-order chi connectivity index (χ0) is 10.3. The third kappa shape index (κ3) is 5.74. The largest absolute Gasteiger partial charge is 0.302 e. The first-order valence-corrected chi connectivity index (χ1v) is 5.09. The van der Waals surface area contributed by atoms with Crippen LogP contribution in [0.5, 0.6) is 0 Å². The van der Waals surface area contributed by atoms with Crippen LogP contribution < -0.4 is 0 Å². The second-order valence-electron chi connectivity index (χ2n) is 3.07. The Kier molecular flexibility index (Phi) is 5.86. The molecule has 0 spiro atoms. The third-order valence-corrected chi connectivity index (χ3v) is 2.27. The van der Waals surface area contributed by atoms with E-state index in [9.17, 15) is 4.21 Å². The smallest absolute Gasteiger partial charge is 0.284 e. The second kappa shape index (κ2) is 6.07. The SMILES string of the molecule is C=CCCC(C)(CC=C)OS(=O)O. The van der Waals surface area contributed by atoms with Gasteiger partial charge in [-0.3, -0.25) is 8.74 Å². The third-order valence-electron chi connectivity index (χ3n) is 1.73. The maximum absolute atomic E-state index is 10.5. The molecule has 0 bridgehead atoms. The van der Waals surface area contributed by atoms with Gasteiger partial charge in [0.25, 0.3) is 0 Å². The minimum Gasteiger partial charge on any atom is -0.284 e. The van der Waals surface area contributed by atoms with Gasteiger partial charge in [0.15, 0.2) is 0 Å². The van der Waals surface area contributed by atoms with Gasteiger partial charge in [0.2, 0.25) is 0 Å². The van der Waals surface area contributed by atoms with E-state index in [-0.39, 0.29) is 0 Å². The molecule has 0 radical (unpaired) electrons. The first kappa shape index (κ1) is 12.6. The average molecular weight is 204 g/mol. The van der Waals surface area contributed by atoms with E-state index in [2.05, 4.69) is 13.2 Å². The summed E-state index contributed by atoms with van der Waals surface area (Å²) in [7, 11) is 0. The molecule has 0 aliphatic rings. The van der Waals surface area contributed by atoms with Gasteiger partial charge in [-0.05, 0) is 26.2 Å². The van der Waals surface area contributed by atoms with Crippen LogP contribution in [0.2, 0.25) is 0 Å². The number of hydrogen-bond acceptors (Lipinski definition) is 2. The highest BCUT2D eigenvalue weighted by Crippen LogP contribution is 2.23. The van der Waals surface area contributed by atoms with Crippen LogP contribution in [0.1, 0.15) is 26.2 Å². The topological polar surface area (TPSA) is 46.5 Å². The first-order chi connectivity index (χ1) is 6.04. The standard InChI is InChI=1S/C9H16O3S/c1-4-6-8-9(3,7-5-2)12-13(10)11/h4-5H,1-2,6-8H2,3H3,(H,10,11). The Hall–Kier alpha value is -0.450. The molecule has 0 aromatic carbocycles. The van der Waals surface area contributed by atoms with Crippen molar-refractivity contribution in [2.24, 2.45) is 0 Å². The summed E-state index contributed by atoms with van der Waals surface area (Å²) in [5.41, 5.74) is -0.616. The normalized spacial score (nSPS) is 17.4. The van der Waals surface area contributed by atoms with E-state index in [0.29, 0.717) is 12.8 Å². The molecule has 0 rings (SSSR count). The van der Waals surface area contributed by atoms with E-state index < -0.39 is 17.0 Å². The minimum atomic E-state index is -2.22. The lowest BCUT2D eigenvalue weighted by Gasteiger charge is -2.25. The Morgan fingerprint density at radius 2 is 2.15 bits per heavy atom. The molecule has 0 aromatic rings. The van der Waals surface area contributed by atoms with Gasteiger partial charge in [0, 0.05) is 0 Å². The molecule has 0 fully saturated rings. The van der Waals surface area contributed by atoms with Gasteiger partial charge in [0.1, 0.15) is 0 Å². The molecule has 2 atom stereocenters. The van der Waals surface area contributed by atoms with Crippen LogP contribution in [0.25, 0.3) is 0 Å². The molecule has 0 amide bonds. The molecule has 0 aliphatic carbocycles. The van der Waals surface area contributed by atoms with Crippen LogP contribution in [0.15, 0.2) is 25.3 Å². The summed E-state index contributed by atoms with van der Waals surface area (Å²) >= 11 is -2.22. The van der Waals surface area contributed by atoms with Crippen molar-refractivity contribution in [2.75, 3.05) is 0 Å². The van der Waals surface area contributed by atoms with Crippen molar-refractivity contribution in [2.45, 2.75) is 31.8 Å². The maximum Gasteiger partial charge on any atom is 0.302 e. The zero-order valence-electron chi connectivity index (χ0n) is 7.86. The van der Waals surface area contributed by atoms with Crippen molar-refractivity contribution in [3.8, 4) is 0 Å². The second-order valence-corrected chi connectivity index (χ2v) is 3.67. The summed E-state index contributed by atoms with van der Waals surface area (Å²) in [6.07, 6.45) is 5.39. The molecule has 0 saturated carbocycles. The highest BCUT2D eigenvalue weighted by Gasteiger charge is 2.25. The van der Waals surface area contributed by atoms with E-state index in [0.717, 1.165) is 6.42 Å². The first-order valence-electron chi connectivity index (χ1n) is 4.06.